The molecule has 0 N–H and O–H groups in total. The van der Waals surface area contributed by atoms with Gasteiger partial charge in [-0.05, 0) is 43.9 Å². The number of esters is 5. The SMILES string of the molecule is C=C(C)C(=O)OCCC(=O)OC1C2CC3C1OC(=O)C3C2C(=O)OCCC(=C)C(=O)OCC1CC2CC1C(C#N)C2C#N. The molecule has 228 valence electrons. The highest BCUT2D eigenvalue weighted by Gasteiger charge is 2.70. The highest BCUT2D eigenvalue weighted by molar-refractivity contribution is 5.88. The molecule has 0 radical (unpaired) electrons. The van der Waals surface area contributed by atoms with Crippen LogP contribution in [0.1, 0.15) is 39.0 Å². The Balaban J connectivity index is 1.07. The molecule has 1 aliphatic heterocycles. The van der Waals surface area contributed by atoms with Crippen LogP contribution in [0.5, 0.6) is 0 Å². The van der Waals surface area contributed by atoms with Gasteiger partial charge in [0.15, 0.2) is 0 Å². The predicted octanol–water partition coefficient (Wildman–Crippen LogP) is 2.18. The van der Waals surface area contributed by atoms with Crippen molar-refractivity contribution in [3.8, 4) is 12.1 Å². The van der Waals surface area contributed by atoms with Gasteiger partial charge in [-0.15, -0.1) is 0 Å². The van der Waals surface area contributed by atoms with Gasteiger partial charge in [-0.3, -0.25) is 14.4 Å². The summed E-state index contributed by atoms with van der Waals surface area (Å²) in [4.78, 5) is 62.2. The van der Waals surface area contributed by atoms with Crippen LogP contribution < -0.4 is 0 Å². The van der Waals surface area contributed by atoms with E-state index >= 15 is 0 Å². The first-order valence-corrected chi connectivity index (χ1v) is 14.6. The first-order valence-electron chi connectivity index (χ1n) is 14.6. The van der Waals surface area contributed by atoms with Gasteiger partial charge < -0.3 is 23.7 Å². The minimum absolute atomic E-state index is 0.0232. The molecular weight excluding hydrogens is 560 g/mol. The van der Waals surface area contributed by atoms with Crippen LogP contribution in [-0.2, 0) is 47.7 Å². The van der Waals surface area contributed by atoms with Crippen LogP contribution in [0.2, 0.25) is 0 Å². The first-order chi connectivity index (χ1) is 20.5. The second kappa shape index (κ2) is 12.2. The summed E-state index contributed by atoms with van der Waals surface area (Å²) in [6.07, 6.45) is 0.378. The lowest BCUT2D eigenvalue weighted by Gasteiger charge is -2.30. The van der Waals surface area contributed by atoms with Gasteiger partial charge in [0.05, 0.1) is 55.4 Å². The summed E-state index contributed by atoms with van der Waals surface area (Å²) in [5, 5.41) is 18.8. The Hall–Kier alpha value is -4.19. The number of nitrogens with zero attached hydrogens (tertiary/aromatic N) is 2. The summed E-state index contributed by atoms with van der Waals surface area (Å²) in [7, 11) is 0. The lowest BCUT2D eigenvalue weighted by atomic mass is 9.75. The Morgan fingerprint density at radius 3 is 2.33 bits per heavy atom. The number of rotatable bonds is 12. The van der Waals surface area contributed by atoms with Crippen LogP contribution in [-0.4, -0.2) is 61.9 Å². The van der Waals surface area contributed by atoms with Crippen LogP contribution in [0.15, 0.2) is 24.3 Å². The molecule has 0 aromatic carbocycles. The molecule has 4 bridgehead atoms. The van der Waals surface area contributed by atoms with Crippen molar-refractivity contribution in [1.29, 1.82) is 10.5 Å². The maximum Gasteiger partial charge on any atom is 0.333 e. The minimum atomic E-state index is -0.849. The van der Waals surface area contributed by atoms with Crippen LogP contribution in [0.25, 0.3) is 0 Å². The van der Waals surface area contributed by atoms with E-state index < -0.39 is 59.8 Å². The topological polar surface area (TPSA) is 179 Å². The van der Waals surface area contributed by atoms with Gasteiger partial charge in [-0.25, -0.2) is 9.59 Å². The molecule has 4 saturated carbocycles. The molecule has 1 heterocycles. The van der Waals surface area contributed by atoms with E-state index in [9.17, 15) is 34.5 Å². The van der Waals surface area contributed by atoms with E-state index in [0.29, 0.717) is 6.42 Å². The zero-order valence-electron chi connectivity index (χ0n) is 23.9. The van der Waals surface area contributed by atoms with Gasteiger partial charge in [-0.2, -0.15) is 10.5 Å². The predicted molar refractivity (Wildman–Crippen MR) is 142 cm³/mol. The first kappa shape index (κ1) is 30.3. The maximum absolute atomic E-state index is 13.1. The van der Waals surface area contributed by atoms with E-state index in [4.69, 9.17) is 23.7 Å². The third kappa shape index (κ3) is 5.63. The van der Waals surface area contributed by atoms with Crippen LogP contribution in [0, 0.1) is 75.9 Å². The number of ether oxygens (including phenoxy) is 5. The van der Waals surface area contributed by atoms with E-state index in [1.54, 1.807) is 0 Å². The number of hydrogen-bond acceptors (Lipinski definition) is 12. The number of nitriles is 2. The van der Waals surface area contributed by atoms with Crippen LogP contribution in [0.4, 0.5) is 0 Å². The van der Waals surface area contributed by atoms with Gasteiger partial charge in [0, 0.05) is 29.4 Å². The molecule has 0 spiro atoms. The highest BCUT2D eigenvalue weighted by atomic mass is 16.6. The Kier molecular flexibility index (Phi) is 8.59. The summed E-state index contributed by atoms with van der Waals surface area (Å²) in [6, 6.07) is 4.49. The molecule has 0 aromatic heterocycles. The van der Waals surface area contributed by atoms with Gasteiger partial charge in [-0.1, -0.05) is 13.2 Å². The smallest absolute Gasteiger partial charge is 0.333 e. The van der Waals surface area contributed by atoms with E-state index in [0.717, 1.165) is 12.8 Å². The lowest BCUT2D eigenvalue weighted by Crippen LogP contribution is -2.43. The Labute approximate surface area is 248 Å². The van der Waals surface area contributed by atoms with Crippen molar-refractivity contribution in [2.45, 2.75) is 51.2 Å². The molecule has 5 aliphatic rings. The Morgan fingerprint density at radius 2 is 1.63 bits per heavy atom. The summed E-state index contributed by atoms with van der Waals surface area (Å²) in [5.41, 5.74) is 0.322. The third-order valence-corrected chi connectivity index (χ3v) is 9.78. The summed E-state index contributed by atoms with van der Waals surface area (Å²) >= 11 is 0. The molecule has 12 heteroatoms. The minimum Gasteiger partial charge on any atom is -0.465 e. The van der Waals surface area contributed by atoms with Crippen molar-refractivity contribution < 1.29 is 47.7 Å². The van der Waals surface area contributed by atoms with Crippen molar-refractivity contribution in [3.05, 3.63) is 24.3 Å². The second-order valence-corrected chi connectivity index (χ2v) is 12.2. The zero-order chi connectivity index (χ0) is 31.0. The molecular formula is C31H34N2O10. The molecule has 5 rings (SSSR count). The van der Waals surface area contributed by atoms with E-state index in [1.807, 2.05) is 0 Å². The summed E-state index contributed by atoms with van der Waals surface area (Å²) < 4.78 is 26.9. The molecule has 12 nitrogen and oxygen atoms in total. The number of fused-ring (bicyclic) bond motifs is 3. The normalized spacial score (nSPS) is 35.8. The standard InChI is InChI=1S/C31H34N2O10/c1-14(2)28(35)39-7-5-23(34)42-26-19-10-20-25(31(38)43-27(20)26)24(19)30(37)40-6-4-15(3)29(36)41-13-17-8-16-9-18(17)22(12-33)21(16)11-32/h16-22,24-27H,1,3-10,13H2,2H3. The van der Waals surface area contributed by atoms with E-state index in [1.165, 1.54) is 6.92 Å². The maximum atomic E-state index is 13.1. The van der Waals surface area contributed by atoms with Crippen molar-refractivity contribution in [2.24, 2.45) is 53.3 Å². The fourth-order valence-electron chi connectivity index (χ4n) is 7.84. The molecule has 4 aliphatic carbocycles. The lowest BCUT2D eigenvalue weighted by molar-refractivity contribution is -0.167. The van der Waals surface area contributed by atoms with Crippen LogP contribution >= 0.6 is 0 Å². The van der Waals surface area contributed by atoms with Crippen molar-refractivity contribution in [3.63, 3.8) is 0 Å². The molecule has 43 heavy (non-hydrogen) atoms. The van der Waals surface area contributed by atoms with Crippen LogP contribution in [0.3, 0.4) is 0 Å². The van der Waals surface area contributed by atoms with Crippen molar-refractivity contribution in [1.82, 2.24) is 0 Å². The quantitative estimate of drug-likeness (QED) is 0.183. The Morgan fingerprint density at radius 1 is 0.907 bits per heavy atom. The fraction of sp³-hybridized carbons (Fsp3) is 0.645. The highest BCUT2D eigenvalue weighted by Crippen LogP contribution is 2.59. The number of carbonyl (C=O) groups is 5. The number of carbonyl (C=O) groups excluding carboxylic acids is 5. The largest absolute Gasteiger partial charge is 0.465 e. The molecule has 11 unspecified atom stereocenters. The average Bonchev–Trinajstić information content (AvgIpc) is 3.76. The molecule has 5 fully saturated rings. The second-order valence-electron chi connectivity index (χ2n) is 12.2. The Bertz CT molecular complexity index is 1330. The van der Waals surface area contributed by atoms with Gasteiger partial charge >= 0.3 is 29.8 Å². The summed E-state index contributed by atoms with van der Waals surface area (Å²) in [6.45, 7) is 8.50. The summed E-state index contributed by atoms with van der Waals surface area (Å²) in [5.74, 6) is -5.71. The molecule has 0 aromatic rings. The monoisotopic (exact) mass is 594 g/mol. The van der Waals surface area contributed by atoms with Crippen molar-refractivity contribution >= 4 is 29.8 Å². The molecule has 1 saturated heterocycles. The third-order valence-electron chi connectivity index (χ3n) is 9.78. The fourth-order valence-corrected chi connectivity index (χ4v) is 7.84. The van der Waals surface area contributed by atoms with Gasteiger partial charge in [0.25, 0.3) is 0 Å². The zero-order valence-corrected chi connectivity index (χ0v) is 23.9. The van der Waals surface area contributed by atoms with Gasteiger partial charge in [0.1, 0.15) is 18.8 Å². The molecule has 11 atom stereocenters. The average molecular weight is 595 g/mol. The van der Waals surface area contributed by atoms with E-state index in [-0.39, 0.29) is 79.3 Å². The molecule has 0 amide bonds. The number of hydrogen-bond donors (Lipinski definition) is 0. The van der Waals surface area contributed by atoms with Crippen molar-refractivity contribution in [2.75, 3.05) is 19.8 Å². The van der Waals surface area contributed by atoms with E-state index in [2.05, 4.69) is 25.3 Å². The van der Waals surface area contributed by atoms with Gasteiger partial charge in [0.2, 0.25) is 0 Å².